The summed E-state index contributed by atoms with van der Waals surface area (Å²) in [6.07, 6.45) is 1.70. The van der Waals surface area contributed by atoms with Gasteiger partial charge in [-0.1, -0.05) is 11.6 Å². The number of aromatic nitrogens is 3. The van der Waals surface area contributed by atoms with E-state index in [1.54, 1.807) is 17.7 Å². The molecule has 0 saturated carbocycles. The maximum Gasteiger partial charge on any atom is 0.163 e. The highest BCUT2D eigenvalue weighted by atomic mass is 35.5. The average molecular weight is 305 g/mol. The third-order valence-electron chi connectivity index (χ3n) is 2.94. The molecular weight excluding hydrogens is 292 g/mol. The van der Waals surface area contributed by atoms with Gasteiger partial charge in [0.05, 0.1) is 5.02 Å². The minimum Gasteiger partial charge on any atom is -0.380 e. The molecule has 0 spiro atoms. The highest BCUT2D eigenvalue weighted by Gasteiger charge is 2.04. The number of anilines is 1. The summed E-state index contributed by atoms with van der Waals surface area (Å²) in [7, 11) is 1.93. The summed E-state index contributed by atoms with van der Waals surface area (Å²) in [6, 6.07) is 10.1. The zero-order chi connectivity index (χ0) is 13.9. The van der Waals surface area contributed by atoms with Gasteiger partial charge in [-0.15, -0.1) is 21.5 Å². The molecule has 0 amide bonds. The fourth-order valence-corrected chi connectivity index (χ4v) is 2.93. The molecule has 1 aromatic carbocycles. The lowest BCUT2D eigenvalue weighted by Crippen LogP contribution is -1.97. The van der Waals surface area contributed by atoms with Crippen LogP contribution in [-0.2, 0) is 13.6 Å². The molecule has 0 atom stereocenters. The summed E-state index contributed by atoms with van der Waals surface area (Å²) < 4.78 is 1.90. The first-order valence-corrected chi connectivity index (χ1v) is 7.39. The van der Waals surface area contributed by atoms with E-state index in [1.807, 2.05) is 47.3 Å². The first kappa shape index (κ1) is 13.1. The third-order valence-corrected chi connectivity index (χ3v) is 4.23. The van der Waals surface area contributed by atoms with Crippen molar-refractivity contribution in [2.45, 2.75) is 6.54 Å². The molecule has 6 heteroatoms. The Morgan fingerprint density at radius 3 is 2.70 bits per heavy atom. The Kier molecular flexibility index (Phi) is 3.71. The topological polar surface area (TPSA) is 42.7 Å². The van der Waals surface area contributed by atoms with Crippen LogP contribution in [0.25, 0.3) is 11.4 Å². The molecule has 0 unspecified atom stereocenters. The summed E-state index contributed by atoms with van der Waals surface area (Å²) in [6.45, 7) is 0.778. The molecule has 0 aliphatic carbocycles. The van der Waals surface area contributed by atoms with Crippen molar-refractivity contribution in [3.8, 4) is 11.4 Å². The highest BCUT2D eigenvalue weighted by molar-refractivity contribution is 7.10. The summed E-state index contributed by atoms with van der Waals surface area (Å²) in [4.78, 5) is 1.22. The quantitative estimate of drug-likeness (QED) is 0.797. The molecule has 0 bridgehead atoms. The molecule has 2 aromatic heterocycles. The molecule has 20 heavy (non-hydrogen) atoms. The van der Waals surface area contributed by atoms with Crippen LogP contribution in [0.5, 0.6) is 0 Å². The molecule has 0 saturated heterocycles. The van der Waals surface area contributed by atoms with Crippen molar-refractivity contribution in [3.63, 3.8) is 0 Å². The van der Waals surface area contributed by atoms with Crippen LogP contribution in [0.3, 0.4) is 0 Å². The Morgan fingerprint density at radius 1 is 1.30 bits per heavy atom. The van der Waals surface area contributed by atoms with Gasteiger partial charge in [0.15, 0.2) is 5.82 Å². The van der Waals surface area contributed by atoms with Crippen LogP contribution in [0.2, 0.25) is 5.02 Å². The summed E-state index contributed by atoms with van der Waals surface area (Å²) in [5, 5.41) is 14.1. The number of aryl methyl sites for hydroxylation is 1. The molecule has 0 radical (unpaired) electrons. The Morgan fingerprint density at radius 2 is 2.10 bits per heavy atom. The SMILES string of the molecule is Cn1cnnc1-c1ccc(NCc2cc(Cl)cs2)cc1. The Balaban J connectivity index is 1.69. The lowest BCUT2D eigenvalue weighted by atomic mass is 10.2. The number of hydrogen-bond acceptors (Lipinski definition) is 4. The van der Waals surface area contributed by atoms with Crippen LogP contribution < -0.4 is 5.32 Å². The second-order valence-electron chi connectivity index (χ2n) is 4.43. The molecule has 0 aliphatic rings. The lowest BCUT2D eigenvalue weighted by molar-refractivity contribution is 0.920. The van der Waals surface area contributed by atoms with Crippen LogP contribution in [-0.4, -0.2) is 14.8 Å². The largest absolute Gasteiger partial charge is 0.380 e. The monoisotopic (exact) mass is 304 g/mol. The molecule has 3 rings (SSSR count). The second kappa shape index (κ2) is 5.64. The zero-order valence-corrected chi connectivity index (χ0v) is 12.4. The van der Waals surface area contributed by atoms with Crippen LogP contribution in [0.4, 0.5) is 5.69 Å². The van der Waals surface area contributed by atoms with Crippen molar-refractivity contribution in [2.24, 2.45) is 7.05 Å². The minimum absolute atomic E-state index is 0.778. The Bertz CT molecular complexity index is 702. The zero-order valence-electron chi connectivity index (χ0n) is 10.9. The van der Waals surface area contributed by atoms with E-state index in [9.17, 15) is 0 Å². The standard InChI is InChI=1S/C14H13ClN4S/c1-19-9-17-18-14(19)10-2-4-12(5-3-10)16-7-13-6-11(15)8-20-13/h2-6,8-9,16H,7H2,1H3. The molecule has 1 N–H and O–H groups in total. The van der Waals surface area contributed by atoms with E-state index in [4.69, 9.17) is 11.6 Å². The highest BCUT2D eigenvalue weighted by Crippen LogP contribution is 2.22. The molecule has 4 nitrogen and oxygen atoms in total. The number of hydrogen-bond donors (Lipinski definition) is 1. The van der Waals surface area contributed by atoms with Crippen molar-refractivity contribution >= 4 is 28.6 Å². The summed E-state index contributed by atoms with van der Waals surface area (Å²) in [5.74, 6) is 0.863. The Labute approximate surface area is 126 Å². The number of nitrogens with one attached hydrogen (secondary N) is 1. The average Bonchev–Trinajstić information content (AvgIpc) is 3.06. The van der Waals surface area contributed by atoms with E-state index < -0.39 is 0 Å². The number of halogens is 1. The normalized spacial score (nSPS) is 10.7. The van der Waals surface area contributed by atoms with Crippen LogP contribution in [0.15, 0.2) is 42.0 Å². The van der Waals surface area contributed by atoms with Gasteiger partial charge in [-0.25, -0.2) is 0 Å². The van der Waals surface area contributed by atoms with Gasteiger partial charge in [0.2, 0.25) is 0 Å². The van der Waals surface area contributed by atoms with Gasteiger partial charge >= 0.3 is 0 Å². The van der Waals surface area contributed by atoms with E-state index in [2.05, 4.69) is 15.5 Å². The van der Waals surface area contributed by atoms with Crippen molar-refractivity contribution in [1.29, 1.82) is 0 Å². The van der Waals surface area contributed by atoms with E-state index in [-0.39, 0.29) is 0 Å². The maximum absolute atomic E-state index is 5.90. The first-order valence-electron chi connectivity index (χ1n) is 6.13. The van der Waals surface area contributed by atoms with Gasteiger partial charge in [0.25, 0.3) is 0 Å². The van der Waals surface area contributed by atoms with Crippen LogP contribution in [0, 0.1) is 0 Å². The molecule has 102 valence electrons. The Hall–Kier alpha value is -1.85. The molecule has 3 aromatic rings. The third kappa shape index (κ3) is 2.84. The summed E-state index contributed by atoms with van der Waals surface area (Å²) in [5.41, 5.74) is 2.12. The minimum atomic E-state index is 0.778. The van der Waals surface area contributed by atoms with E-state index in [1.165, 1.54) is 4.88 Å². The maximum atomic E-state index is 5.90. The van der Waals surface area contributed by atoms with Gasteiger partial charge in [0, 0.05) is 35.1 Å². The predicted molar refractivity (Wildman–Crippen MR) is 83.1 cm³/mol. The number of rotatable bonds is 4. The second-order valence-corrected chi connectivity index (χ2v) is 5.86. The molecular formula is C14H13ClN4S. The predicted octanol–water partition coefficient (Wildman–Crippen LogP) is 3.81. The molecule has 0 fully saturated rings. The fraction of sp³-hybridized carbons (Fsp3) is 0.143. The van der Waals surface area contributed by atoms with Gasteiger partial charge in [0.1, 0.15) is 6.33 Å². The lowest BCUT2D eigenvalue weighted by Gasteiger charge is -2.06. The first-order chi connectivity index (χ1) is 9.72. The smallest absolute Gasteiger partial charge is 0.163 e. The van der Waals surface area contributed by atoms with E-state index >= 15 is 0 Å². The van der Waals surface area contributed by atoms with Gasteiger partial charge in [-0.2, -0.15) is 0 Å². The van der Waals surface area contributed by atoms with Crippen LogP contribution in [0.1, 0.15) is 4.88 Å². The van der Waals surface area contributed by atoms with Crippen LogP contribution >= 0.6 is 22.9 Å². The van der Waals surface area contributed by atoms with E-state index in [0.29, 0.717) is 0 Å². The van der Waals surface area contributed by atoms with Crippen molar-refractivity contribution in [1.82, 2.24) is 14.8 Å². The van der Waals surface area contributed by atoms with Crippen molar-refractivity contribution in [3.05, 3.63) is 51.9 Å². The number of benzene rings is 1. The fourth-order valence-electron chi connectivity index (χ4n) is 1.92. The van der Waals surface area contributed by atoms with Gasteiger partial charge < -0.3 is 9.88 Å². The van der Waals surface area contributed by atoms with Gasteiger partial charge in [-0.3, -0.25) is 0 Å². The van der Waals surface area contributed by atoms with Crippen molar-refractivity contribution < 1.29 is 0 Å². The van der Waals surface area contributed by atoms with Crippen molar-refractivity contribution in [2.75, 3.05) is 5.32 Å². The van der Waals surface area contributed by atoms with Gasteiger partial charge in [-0.05, 0) is 30.3 Å². The summed E-state index contributed by atoms with van der Waals surface area (Å²) >= 11 is 7.56. The molecule has 2 heterocycles. The molecule has 0 aliphatic heterocycles. The number of nitrogens with zero attached hydrogens (tertiary/aromatic N) is 3. The number of thiophene rings is 1. The van der Waals surface area contributed by atoms with E-state index in [0.717, 1.165) is 28.6 Å².